The Kier molecular flexibility index (Phi) is 6.42. The van der Waals surface area contributed by atoms with Crippen molar-refractivity contribution in [2.24, 2.45) is 0 Å². The standard InChI is InChI=1S/C24H26FN9O2/c1-14-18(4-5-21(25)20(14)9-26)22-11-32-6-7-33(10-17(32)12-36-22)23(35)8-19-15(2)28-24(29-16(19)3)34-13-27-30-31-34/h4-5,13,17,22H,6-8,10-12H2,1-3H3. The minimum atomic E-state index is -0.513. The zero-order valence-corrected chi connectivity index (χ0v) is 20.3. The fourth-order valence-corrected chi connectivity index (χ4v) is 4.98. The van der Waals surface area contributed by atoms with E-state index in [-0.39, 0.29) is 30.0 Å². The van der Waals surface area contributed by atoms with Crippen molar-refractivity contribution in [2.75, 3.05) is 32.8 Å². The number of aryl methyl sites for hydroxylation is 2. The molecule has 0 radical (unpaired) electrons. The Bertz CT molecular complexity index is 1320. The molecule has 12 heteroatoms. The monoisotopic (exact) mass is 491 g/mol. The lowest BCUT2D eigenvalue weighted by Crippen LogP contribution is -2.59. The Hall–Kier alpha value is -3.82. The smallest absolute Gasteiger partial charge is 0.253 e. The van der Waals surface area contributed by atoms with Gasteiger partial charge in [-0.3, -0.25) is 9.69 Å². The topological polar surface area (TPSA) is 126 Å². The van der Waals surface area contributed by atoms with Crippen LogP contribution in [0.3, 0.4) is 0 Å². The third-order valence-corrected chi connectivity index (χ3v) is 7.05. The van der Waals surface area contributed by atoms with E-state index in [1.807, 2.05) is 24.8 Å². The Morgan fingerprint density at radius 3 is 2.67 bits per heavy atom. The van der Waals surface area contributed by atoms with E-state index in [0.29, 0.717) is 44.3 Å². The van der Waals surface area contributed by atoms with Crippen LogP contribution in [0.4, 0.5) is 4.39 Å². The number of amides is 1. The maximum Gasteiger partial charge on any atom is 0.253 e. The second-order valence-electron chi connectivity index (χ2n) is 9.16. The summed E-state index contributed by atoms with van der Waals surface area (Å²) in [6.45, 7) is 8.44. The summed E-state index contributed by atoms with van der Waals surface area (Å²) in [7, 11) is 0. The highest BCUT2D eigenvalue weighted by molar-refractivity contribution is 5.79. The maximum atomic E-state index is 13.9. The molecule has 0 aliphatic carbocycles. The summed E-state index contributed by atoms with van der Waals surface area (Å²) in [6.07, 6.45) is 1.40. The van der Waals surface area contributed by atoms with Gasteiger partial charge in [0.2, 0.25) is 5.91 Å². The Morgan fingerprint density at radius 1 is 1.19 bits per heavy atom. The highest BCUT2D eigenvalue weighted by atomic mass is 19.1. The molecule has 2 atom stereocenters. The van der Waals surface area contributed by atoms with E-state index < -0.39 is 5.82 Å². The summed E-state index contributed by atoms with van der Waals surface area (Å²) in [5.74, 6) is -0.123. The molecule has 11 nitrogen and oxygen atoms in total. The van der Waals surface area contributed by atoms with E-state index in [9.17, 15) is 14.4 Å². The van der Waals surface area contributed by atoms with E-state index in [1.165, 1.54) is 17.1 Å². The Balaban J connectivity index is 1.24. The van der Waals surface area contributed by atoms with E-state index in [4.69, 9.17) is 4.74 Å². The number of carbonyl (C=O) groups is 1. The van der Waals surface area contributed by atoms with Gasteiger partial charge in [0.05, 0.1) is 30.7 Å². The molecule has 2 aliphatic rings. The van der Waals surface area contributed by atoms with Crippen LogP contribution < -0.4 is 0 Å². The maximum absolute atomic E-state index is 13.9. The van der Waals surface area contributed by atoms with Crippen LogP contribution in [0.1, 0.15) is 39.7 Å². The van der Waals surface area contributed by atoms with E-state index in [0.717, 1.165) is 22.5 Å². The van der Waals surface area contributed by atoms with Gasteiger partial charge in [0.1, 0.15) is 18.2 Å². The second-order valence-corrected chi connectivity index (χ2v) is 9.16. The van der Waals surface area contributed by atoms with Crippen LogP contribution in [-0.4, -0.2) is 84.7 Å². The number of carbonyl (C=O) groups excluding carboxylic acids is 1. The van der Waals surface area contributed by atoms with Gasteiger partial charge in [0.15, 0.2) is 0 Å². The number of fused-ring (bicyclic) bond motifs is 1. The Morgan fingerprint density at radius 2 is 1.97 bits per heavy atom. The summed E-state index contributed by atoms with van der Waals surface area (Å²) < 4.78 is 21.5. The molecule has 3 aromatic rings. The van der Waals surface area contributed by atoms with Gasteiger partial charge in [-0.1, -0.05) is 6.07 Å². The first-order valence-corrected chi connectivity index (χ1v) is 11.8. The molecule has 0 spiro atoms. The van der Waals surface area contributed by atoms with Gasteiger partial charge < -0.3 is 9.64 Å². The molecule has 2 saturated heterocycles. The first-order valence-electron chi connectivity index (χ1n) is 11.8. The number of halogens is 1. The second kappa shape index (κ2) is 9.67. The highest BCUT2D eigenvalue weighted by Crippen LogP contribution is 2.31. The quantitative estimate of drug-likeness (QED) is 0.529. The molecular formula is C24H26FN9O2. The van der Waals surface area contributed by atoms with Gasteiger partial charge in [-0.2, -0.15) is 9.94 Å². The van der Waals surface area contributed by atoms with Gasteiger partial charge in [0.25, 0.3) is 5.95 Å². The molecule has 2 unspecified atom stereocenters. The number of tetrazole rings is 1. The van der Waals surface area contributed by atoms with Crippen molar-refractivity contribution >= 4 is 5.91 Å². The number of hydrogen-bond acceptors (Lipinski definition) is 9. The molecule has 0 bridgehead atoms. The molecule has 1 aromatic carbocycles. The molecule has 0 saturated carbocycles. The molecule has 4 heterocycles. The molecule has 1 amide bonds. The van der Waals surface area contributed by atoms with Gasteiger partial charge in [-0.05, 0) is 48.4 Å². The first kappa shape index (κ1) is 23.9. The zero-order chi connectivity index (χ0) is 25.4. The minimum absolute atomic E-state index is 0.0230. The summed E-state index contributed by atoms with van der Waals surface area (Å²) in [5.41, 5.74) is 3.76. The third kappa shape index (κ3) is 4.43. The van der Waals surface area contributed by atoms with Crippen molar-refractivity contribution in [3.05, 3.63) is 57.9 Å². The molecule has 2 aromatic heterocycles. The number of morpholine rings is 1. The van der Waals surface area contributed by atoms with Gasteiger partial charge >= 0.3 is 0 Å². The SMILES string of the molecule is Cc1nc(-n2cnnn2)nc(C)c1CC(=O)N1CCN2CC(c3ccc(F)c(C#N)c3C)OCC2C1. The van der Waals surface area contributed by atoms with Crippen LogP contribution >= 0.6 is 0 Å². The molecular weight excluding hydrogens is 465 g/mol. The molecule has 2 aliphatic heterocycles. The van der Waals surface area contributed by atoms with Gasteiger partial charge in [-0.25, -0.2) is 14.4 Å². The summed E-state index contributed by atoms with van der Waals surface area (Å²) in [5, 5.41) is 20.3. The molecule has 5 rings (SSSR count). The zero-order valence-electron chi connectivity index (χ0n) is 20.3. The lowest BCUT2D eigenvalue weighted by atomic mass is 9.96. The number of piperazine rings is 1. The number of benzene rings is 1. The molecule has 186 valence electrons. The number of nitriles is 1. The average molecular weight is 492 g/mol. The average Bonchev–Trinajstić information content (AvgIpc) is 3.41. The number of aromatic nitrogens is 6. The fraction of sp³-hybridized carbons (Fsp3) is 0.458. The van der Waals surface area contributed by atoms with Crippen LogP contribution in [-0.2, 0) is 16.0 Å². The minimum Gasteiger partial charge on any atom is -0.370 e. The summed E-state index contributed by atoms with van der Waals surface area (Å²) in [6, 6.07) is 5.06. The van der Waals surface area contributed by atoms with Crippen molar-refractivity contribution in [1.29, 1.82) is 5.26 Å². The van der Waals surface area contributed by atoms with Crippen LogP contribution in [0.15, 0.2) is 18.5 Å². The molecule has 2 fully saturated rings. The van der Waals surface area contributed by atoms with Crippen LogP contribution in [0.25, 0.3) is 5.95 Å². The van der Waals surface area contributed by atoms with Crippen LogP contribution in [0.5, 0.6) is 0 Å². The molecule has 36 heavy (non-hydrogen) atoms. The Labute approximate surface area is 207 Å². The fourth-order valence-electron chi connectivity index (χ4n) is 4.98. The van der Waals surface area contributed by atoms with Gasteiger partial charge in [-0.15, -0.1) is 5.10 Å². The van der Waals surface area contributed by atoms with E-state index in [2.05, 4.69) is 30.4 Å². The van der Waals surface area contributed by atoms with Crippen molar-refractivity contribution in [3.63, 3.8) is 0 Å². The van der Waals surface area contributed by atoms with Crippen LogP contribution in [0.2, 0.25) is 0 Å². The first-order chi connectivity index (χ1) is 17.4. The molecule has 0 N–H and O–H groups in total. The number of hydrogen-bond donors (Lipinski definition) is 0. The number of ether oxygens (including phenoxy) is 1. The lowest BCUT2D eigenvalue weighted by Gasteiger charge is -2.46. The highest BCUT2D eigenvalue weighted by Gasteiger charge is 2.36. The number of nitrogens with zero attached hydrogens (tertiary/aromatic N) is 9. The predicted octanol–water partition coefficient (Wildman–Crippen LogP) is 1.22. The number of rotatable bonds is 4. The third-order valence-electron chi connectivity index (χ3n) is 7.05. The van der Waals surface area contributed by atoms with Crippen LogP contribution in [0, 0.1) is 37.9 Å². The van der Waals surface area contributed by atoms with Crippen molar-refractivity contribution in [2.45, 2.75) is 39.3 Å². The van der Waals surface area contributed by atoms with Gasteiger partial charge in [0, 0.05) is 43.1 Å². The van der Waals surface area contributed by atoms with E-state index >= 15 is 0 Å². The predicted molar refractivity (Wildman–Crippen MR) is 124 cm³/mol. The normalized spacial score (nSPS) is 20.1. The lowest BCUT2D eigenvalue weighted by molar-refractivity contribution is -0.139. The van der Waals surface area contributed by atoms with Crippen molar-refractivity contribution < 1.29 is 13.9 Å². The van der Waals surface area contributed by atoms with Crippen molar-refractivity contribution in [3.8, 4) is 12.0 Å². The summed E-state index contributed by atoms with van der Waals surface area (Å²) >= 11 is 0. The summed E-state index contributed by atoms with van der Waals surface area (Å²) in [4.78, 5) is 26.3. The largest absolute Gasteiger partial charge is 0.370 e. The van der Waals surface area contributed by atoms with E-state index in [1.54, 1.807) is 13.0 Å². The van der Waals surface area contributed by atoms with Crippen molar-refractivity contribution in [1.82, 2.24) is 40.0 Å².